The van der Waals surface area contributed by atoms with Crippen LogP contribution in [0.5, 0.6) is 0 Å². The maximum Gasteiger partial charge on any atom is 0.410 e. The number of ether oxygens (including phenoxy) is 2. The summed E-state index contributed by atoms with van der Waals surface area (Å²) in [6.07, 6.45) is 1.51. The number of rotatable bonds is 5. The second-order valence-corrected chi connectivity index (χ2v) is 6.13. The highest BCUT2D eigenvalue weighted by Gasteiger charge is 2.26. The van der Waals surface area contributed by atoms with Gasteiger partial charge in [-0.25, -0.2) is 4.79 Å². The molecule has 0 radical (unpaired) electrons. The first kappa shape index (κ1) is 16.8. The normalized spacial score (nSPS) is 17.1. The van der Waals surface area contributed by atoms with E-state index in [9.17, 15) is 9.59 Å². The van der Waals surface area contributed by atoms with Crippen LogP contribution in [0.4, 0.5) is 4.79 Å². The number of likely N-dealkylation sites (tertiary alicyclic amines) is 1. The fraction of sp³-hybridized carbons (Fsp3) is 0.857. The van der Waals surface area contributed by atoms with Gasteiger partial charge in [-0.2, -0.15) is 0 Å². The van der Waals surface area contributed by atoms with Crippen molar-refractivity contribution in [3.05, 3.63) is 0 Å². The van der Waals surface area contributed by atoms with Gasteiger partial charge in [0.05, 0.1) is 13.0 Å². The molecule has 1 amide bonds. The van der Waals surface area contributed by atoms with E-state index in [-0.39, 0.29) is 19.1 Å². The Hall–Kier alpha value is -1.30. The van der Waals surface area contributed by atoms with Crippen LogP contribution in [0.2, 0.25) is 0 Å². The highest BCUT2D eigenvalue weighted by Crippen LogP contribution is 2.19. The Morgan fingerprint density at radius 1 is 1.25 bits per heavy atom. The molecule has 0 aromatic carbocycles. The van der Waals surface area contributed by atoms with E-state index < -0.39 is 11.6 Å². The molecule has 1 fully saturated rings. The molecular weight excluding hydrogens is 262 g/mol. The summed E-state index contributed by atoms with van der Waals surface area (Å²) >= 11 is 0. The van der Waals surface area contributed by atoms with Crippen molar-refractivity contribution >= 4 is 12.1 Å². The Morgan fingerprint density at radius 2 is 1.85 bits per heavy atom. The number of carbonyl (C=O) groups excluding carboxylic acids is 1. The van der Waals surface area contributed by atoms with E-state index >= 15 is 0 Å². The van der Waals surface area contributed by atoms with E-state index in [1.54, 1.807) is 4.90 Å². The van der Waals surface area contributed by atoms with Crippen LogP contribution >= 0.6 is 0 Å². The maximum atomic E-state index is 11.9. The van der Waals surface area contributed by atoms with Gasteiger partial charge in [0, 0.05) is 19.7 Å². The molecule has 1 saturated heterocycles. The van der Waals surface area contributed by atoms with Crippen molar-refractivity contribution in [3.63, 3.8) is 0 Å². The lowest BCUT2D eigenvalue weighted by molar-refractivity contribution is -0.138. The molecule has 6 nitrogen and oxygen atoms in total. The minimum absolute atomic E-state index is 0.0384. The predicted octanol–water partition coefficient (Wildman–Crippen LogP) is 2.12. The van der Waals surface area contributed by atoms with Gasteiger partial charge in [-0.05, 0) is 39.5 Å². The second kappa shape index (κ2) is 7.47. The van der Waals surface area contributed by atoms with Crippen LogP contribution in [-0.2, 0) is 14.3 Å². The molecule has 1 aliphatic heterocycles. The van der Waals surface area contributed by atoms with E-state index in [4.69, 9.17) is 14.6 Å². The molecule has 0 spiro atoms. The summed E-state index contributed by atoms with van der Waals surface area (Å²) in [4.78, 5) is 23.9. The first-order chi connectivity index (χ1) is 9.28. The molecule has 0 unspecified atom stereocenters. The molecule has 0 saturated carbocycles. The topological polar surface area (TPSA) is 76.1 Å². The molecule has 6 heteroatoms. The van der Waals surface area contributed by atoms with Gasteiger partial charge in [0.15, 0.2) is 0 Å². The van der Waals surface area contributed by atoms with Crippen LogP contribution in [0.1, 0.15) is 40.0 Å². The van der Waals surface area contributed by atoms with Crippen LogP contribution in [0.3, 0.4) is 0 Å². The first-order valence-corrected chi connectivity index (χ1v) is 7.05. The SMILES string of the molecule is CC(C)(C)OC(=O)N1CCC(COCCC(=O)O)CC1. The molecule has 0 aromatic heterocycles. The number of aliphatic carboxylic acids is 1. The van der Waals surface area contributed by atoms with Gasteiger partial charge in [-0.1, -0.05) is 0 Å². The highest BCUT2D eigenvalue weighted by atomic mass is 16.6. The quantitative estimate of drug-likeness (QED) is 0.784. The third-order valence-corrected chi connectivity index (χ3v) is 3.08. The van der Waals surface area contributed by atoms with Gasteiger partial charge in [-0.3, -0.25) is 4.79 Å². The number of carboxylic acids is 1. The molecule has 1 N–H and O–H groups in total. The van der Waals surface area contributed by atoms with Crippen molar-refractivity contribution in [2.75, 3.05) is 26.3 Å². The standard InChI is InChI=1S/C14H25NO5/c1-14(2,3)20-13(18)15-7-4-11(5-8-15)10-19-9-6-12(16)17/h11H,4-10H2,1-3H3,(H,16,17). The van der Waals surface area contributed by atoms with Crippen molar-refractivity contribution in [1.82, 2.24) is 4.90 Å². The van der Waals surface area contributed by atoms with Crippen LogP contribution < -0.4 is 0 Å². The molecule has 0 atom stereocenters. The Balaban J connectivity index is 2.19. The second-order valence-electron chi connectivity index (χ2n) is 6.13. The zero-order chi connectivity index (χ0) is 15.2. The van der Waals surface area contributed by atoms with E-state index in [0.29, 0.717) is 25.6 Å². The van der Waals surface area contributed by atoms with Crippen LogP contribution in [0, 0.1) is 5.92 Å². The monoisotopic (exact) mass is 287 g/mol. The average molecular weight is 287 g/mol. The predicted molar refractivity (Wildman–Crippen MR) is 73.6 cm³/mol. The van der Waals surface area contributed by atoms with Crippen LogP contribution in [-0.4, -0.2) is 54.0 Å². The lowest BCUT2D eigenvalue weighted by Crippen LogP contribution is -2.42. The molecule has 0 aromatic rings. The third-order valence-electron chi connectivity index (χ3n) is 3.08. The van der Waals surface area contributed by atoms with Gasteiger partial charge in [0.25, 0.3) is 0 Å². The number of carboxylic acid groups (broad SMARTS) is 1. The van der Waals surface area contributed by atoms with Crippen molar-refractivity contribution in [3.8, 4) is 0 Å². The zero-order valence-corrected chi connectivity index (χ0v) is 12.6. The summed E-state index contributed by atoms with van der Waals surface area (Å²) in [6.45, 7) is 7.72. The van der Waals surface area contributed by atoms with Crippen molar-refractivity contribution in [2.45, 2.75) is 45.6 Å². The van der Waals surface area contributed by atoms with E-state index in [0.717, 1.165) is 12.8 Å². The summed E-state index contributed by atoms with van der Waals surface area (Å²) in [5.41, 5.74) is -0.464. The molecule has 0 bridgehead atoms. The van der Waals surface area contributed by atoms with Gasteiger partial charge in [0.1, 0.15) is 5.60 Å². The van der Waals surface area contributed by atoms with Gasteiger partial charge in [0.2, 0.25) is 0 Å². The zero-order valence-electron chi connectivity index (χ0n) is 12.6. The Bertz CT molecular complexity index is 329. The summed E-state index contributed by atoms with van der Waals surface area (Å²) in [7, 11) is 0. The van der Waals surface area contributed by atoms with Crippen molar-refractivity contribution in [2.24, 2.45) is 5.92 Å². The van der Waals surface area contributed by atoms with Crippen molar-refractivity contribution in [1.29, 1.82) is 0 Å². The summed E-state index contributed by atoms with van der Waals surface area (Å²) in [6, 6.07) is 0. The minimum atomic E-state index is -0.843. The lowest BCUT2D eigenvalue weighted by atomic mass is 9.98. The Labute approximate surface area is 120 Å². The van der Waals surface area contributed by atoms with E-state index in [2.05, 4.69) is 0 Å². The lowest BCUT2D eigenvalue weighted by Gasteiger charge is -2.33. The molecular formula is C14H25NO5. The summed E-state index contributed by atoms with van der Waals surface area (Å²) < 4.78 is 10.7. The van der Waals surface area contributed by atoms with E-state index in [1.807, 2.05) is 20.8 Å². The van der Waals surface area contributed by atoms with Gasteiger partial charge in [-0.15, -0.1) is 0 Å². The molecule has 1 heterocycles. The third kappa shape index (κ3) is 6.75. The number of hydrogen-bond acceptors (Lipinski definition) is 4. The highest BCUT2D eigenvalue weighted by molar-refractivity contribution is 5.68. The number of hydrogen-bond donors (Lipinski definition) is 1. The Kier molecular flexibility index (Phi) is 6.26. The Morgan fingerprint density at radius 3 is 2.35 bits per heavy atom. The smallest absolute Gasteiger partial charge is 0.410 e. The van der Waals surface area contributed by atoms with Crippen LogP contribution in [0.25, 0.3) is 0 Å². The number of nitrogens with zero attached hydrogens (tertiary/aromatic N) is 1. The van der Waals surface area contributed by atoms with Crippen LogP contribution in [0.15, 0.2) is 0 Å². The average Bonchev–Trinajstić information content (AvgIpc) is 2.33. The van der Waals surface area contributed by atoms with Gasteiger partial charge < -0.3 is 19.5 Å². The fourth-order valence-corrected chi connectivity index (χ4v) is 2.02. The number of carbonyl (C=O) groups is 2. The minimum Gasteiger partial charge on any atom is -0.481 e. The van der Waals surface area contributed by atoms with E-state index in [1.165, 1.54) is 0 Å². The molecule has 1 aliphatic rings. The molecule has 116 valence electrons. The fourth-order valence-electron chi connectivity index (χ4n) is 2.02. The number of piperidine rings is 1. The molecule has 1 rings (SSSR count). The van der Waals surface area contributed by atoms with Crippen molar-refractivity contribution < 1.29 is 24.2 Å². The number of amides is 1. The largest absolute Gasteiger partial charge is 0.481 e. The summed E-state index contributed by atoms with van der Waals surface area (Å²) in [5.74, 6) is -0.452. The molecule has 20 heavy (non-hydrogen) atoms. The van der Waals surface area contributed by atoms with Gasteiger partial charge >= 0.3 is 12.1 Å². The maximum absolute atomic E-state index is 11.9. The first-order valence-electron chi connectivity index (χ1n) is 7.05. The molecule has 0 aliphatic carbocycles. The summed E-state index contributed by atoms with van der Waals surface area (Å²) in [5, 5.41) is 8.50.